The Hall–Kier alpha value is -2.88. The van der Waals surface area contributed by atoms with Gasteiger partial charge in [-0.05, 0) is 91.5 Å². The second-order valence-corrected chi connectivity index (χ2v) is 8.66. The smallest absolute Gasteiger partial charge is 0.244 e. The zero-order chi connectivity index (χ0) is 22.8. The van der Waals surface area contributed by atoms with Crippen LogP contribution < -0.4 is 10.1 Å². The molecule has 0 saturated carbocycles. The Morgan fingerprint density at radius 2 is 2.09 bits per heavy atom. The number of carbonyl (C=O) groups is 1. The van der Waals surface area contributed by atoms with Crippen molar-refractivity contribution >= 4 is 11.5 Å². The molecule has 0 spiro atoms. The van der Waals surface area contributed by atoms with Crippen LogP contribution in [0.5, 0.6) is 5.75 Å². The number of fused-ring (bicyclic) bond motifs is 1. The van der Waals surface area contributed by atoms with Gasteiger partial charge in [0.05, 0.1) is 7.11 Å². The largest absolute Gasteiger partial charge is 0.497 e. The molecule has 4 nitrogen and oxygen atoms in total. The topological polar surface area (TPSA) is 51.2 Å². The number of methoxy groups -OCH3 is 1. The number of unbranched alkanes of at least 4 members (excludes halogenated alkanes) is 2. The number of nitrogens with zero attached hydrogens (tertiary/aromatic N) is 1. The van der Waals surface area contributed by atoms with Crippen LogP contribution in [-0.4, -0.2) is 24.0 Å². The number of carbonyl (C=O) groups excluding carboxylic acids is 1. The van der Waals surface area contributed by atoms with Crippen LogP contribution in [0.15, 0.2) is 60.5 Å². The number of aromatic nitrogens is 1. The number of amides is 1. The lowest BCUT2D eigenvalue weighted by atomic mass is 9.99. The summed E-state index contributed by atoms with van der Waals surface area (Å²) in [7, 11) is 1.70. The number of allylic oxidation sites excluding steroid dienone is 3. The molecule has 1 aliphatic rings. The third-order valence-corrected chi connectivity index (χ3v) is 6.09. The number of pyridine rings is 1. The van der Waals surface area contributed by atoms with Crippen LogP contribution in [0.3, 0.4) is 0 Å². The lowest BCUT2D eigenvalue weighted by Gasteiger charge is -2.12. The van der Waals surface area contributed by atoms with E-state index >= 15 is 0 Å². The first-order chi connectivity index (χ1) is 15.6. The van der Waals surface area contributed by atoms with Gasteiger partial charge in [-0.1, -0.05) is 38.0 Å². The van der Waals surface area contributed by atoms with Gasteiger partial charge in [-0.25, -0.2) is 0 Å². The molecule has 170 valence electrons. The maximum atomic E-state index is 12.5. The molecular formula is C28H36N2O2. The standard InChI is InChI=1S/C28H36N2O2/c1-4-5-6-12-26-23(18-24-19-25(32-3)14-15-27(24)26)13-16-28(31)30-21(2)9-7-10-22-11-8-17-29-20-22/h8,11,13-17,19-21H,4-7,9-10,12,18H2,1-3H3,(H,30,31)/b16-13+/t21-/m1/s1. The summed E-state index contributed by atoms with van der Waals surface area (Å²) in [5.41, 5.74) is 6.48. The second-order valence-electron chi connectivity index (χ2n) is 8.66. The van der Waals surface area contributed by atoms with Crippen LogP contribution in [0, 0.1) is 0 Å². The number of hydrogen-bond donors (Lipinski definition) is 1. The van der Waals surface area contributed by atoms with Crippen molar-refractivity contribution in [2.45, 2.75) is 71.3 Å². The number of benzene rings is 1. The zero-order valence-corrected chi connectivity index (χ0v) is 19.7. The Morgan fingerprint density at radius 3 is 2.84 bits per heavy atom. The Balaban J connectivity index is 1.57. The molecule has 0 bridgehead atoms. The Bertz CT molecular complexity index is 947. The first-order valence-electron chi connectivity index (χ1n) is 11.9. The SMILES string of the molecule is CCCCCC1=C(/C=C/C(=O)N[C@H](C)CCCc2cccnc2)Cc2cc(OC)ccc21. The first kappa shape index (κ1) is 23.8. The highest BCUT2D eigenvalue weighted by molar-refractivity contribution is 5.89. The zero-order valence-electron chi connectivity index (χ0n) is 19.7. The van der Waals surface area contributed by atoms with Crippen molar-refractivity contribution < 1.29 is 9.53 Å². The molecule has 3 rings (SSSR count). The van der Waals surface area contributed by atoms with E-state index in [0.717, 1.165) is 37.9 Å². The quantitative estimate of drug-likeness (QED) is 0.327. The molecular weight excluding hydrogens is 396 g/mol. The van der Waals surface area contributed by atoms with E-state index in [9.17, 15) is 4.79 Å². The number of nitrogens with one attached hydrogen (secondary N) is 1. The summed E-state index contributed by atoms with van der Waals surface area (Å²) < 4.78 is 5.41. The fourth-order valence-electron chi connectivity index (χ4n) is 4.33. The highest BCUT2D eigenvalue weighted by Crippen LogP contribution is 2.38. The Morgan fingerprint density at radius 1 is 1.22 bits per heavy atom. The minimum atomic E-state index is -0.0205. The highest BCUT2D eigenvalue weighted by atomic mass is 16.5. The van der Waals surface area contributed by atoms with E-state index in [0.29, 0.717) is 0 Å². The molecule has 32 heavy (non-hydrogen) atoms. The number of ether oxygens (including phenoxy) is 1. The van der Waals surface area contributed by atoms with Crippen molar-refractivity contribution in [3.63, 3.8) is 0 Å². The van der Waals surface area contributed by atoms with Gasteiger partial charge in [0.15, 0.2) is 0 Å². The van der Waals surface area contributed by atoms with Crippen LogP contribution in [0.25, 0.3) is 5.57 Å². The fraction of sp³-hybridized carbons (Fsp3) is 0.429. The van der Waals surface area contributed by atoms with E-state index in [4.69, 9.17) is 4.74 Å². The van der Waals surface area contributed by atoms with Crippen molar-refractivity contribution in [1.82, 2.24) is 10.3 Å². The van der Waals surface area contributed by atoms with E-state index in [-0.39, 0.29) is 11.9 Å². The summed E-state index contributed by atoms with van der Waals surface area (Å²) in [6.07, 6.45) is 15.9. The predicted molar refractivity (Wildman–Crippen MR) is 132 cm³/mol. The normalized spacial score (nSPS) is 14.0. The number of rotatable bonds is 12. The Kier molecular flexibility index (Phi) is 9.09. The average Bonchev–Trinajstić information content (AvgIpc) is 3.15. The molecule has 0 aliphatic heterocycles. The Labute approximate surface area is 192 Å². The molecule has 2 aromatic rings. The minimum Gasteiger partial charge on any atom is -0.497 e. The molecule has 1 aromatic heterocycles. The van der Waals surface area contributed by atoms with Crippen LogP contribution in [0.2, 0.25) is 0 Å². The van der Waals surface area contributed by atoms with E-state index in [1.165, 1.54) is 47.1 Å². The van der Waals surface area contributed by atoms with Gasteiger partial charge in [0.25, 0.3) is 0 Å². The van der Waals surface area contributed by atoms with Gasteiger partial charge >= 0.3 is 0 Å². The van der Waals surface area contributed by atoms with Crippen molar-refractivity contribution in [1.29, 1.82) is 0 Å². The van der Waals surface area contributed by atoms with Gasteiger partial charge in [0.1, 0.15) is 5.75 Å². The summed E-state index contributed by atoms with van der Waals surface area (Å²) in [4.78, 5) is 16.7. The van der Waals surface area contributed by atoms with Gasteiger partial charge < -0.3 is 10.1 Å². The summed E-state index contributed by atoms with van der Waals surface area (Å²) in [5.74, 6) is 0.868. The summed E-state index contributed by atoms with van der Waals surface area (Å²) in [6.45, 7) is 4.30. The van der Waals surface area contributed by atoms with Gasteiger partial charge in [-0.2, -0.15) is 0 Å². The van der Waals surface area contributed by atoms with Crippen molar-refractivity contribution in [3.05, 3.63) is 77.1 Å². The average molecular weight is 433 g/mol. The molecule has 1 aliphatic carbocycles. The lowest BCUT2D eigenvalue weighted by Crippen LogP contribution is -2.31. The van der Waals surface area contributed by atoms with Gasteiger partial charge in [-0.3, -0.25) is 9.78 Å². The van der Waals surface area contributed by atoms with Crippen molar-refractivity contribution in [2.24, 2.45) is 0 Å². The third-order valence-electron chi connectivity index (χ3n) is 6.09. The van der Waals surface area contributed by atoms with Crippen LogP contribution in [-0.2, 0) is 17.6 Å². The van der Waals surface area contributed by atoms with E-state index in [2.05, 4.69) is 42.3 Å². The maximum absolute atomic E-state index is 12.5. The van der Waals surface area contributed by atoms with Crippen LogP contribution in [0.1, 0.15) is 69.1 Å². The number of aryl methyl sites for hydroxylation is 1. The van der Waals surface area contributed by atoms with Crippen LogP contribution >= 0.6 is 0 Å². The molecule has 0 saturated heterocycles. The second kappa shape index (κ2) is 12.2. The highest BCUT2D eigenvalue weighted by Gasteiger charge is 2.20. The number of hydrogen-bond acceptors (Lipinski definition) is 3. The molecule has 1 heterocycles. The fourth-order valence-corrected chi connectivity index (χ4v) is 4.33. The minimum absolute atomic E-state index is 0.0205. The van der Waals surface area contributed by atoms with E-state index in [1.807, 2.05) is 24.4 Å². The monoisotopic (exact) mass is 432 g/mol. The molecule has 0 unspecified atom stereocenters. The molecule has 1 aromatic carbocycles. The molecule has 1 atom stereocenters. The van der Waals surface area contributed by atoms with E-state index < -0.39 is 0 Å². The summed E-state index contributed by atoms with van der Waals surface area (Å²) in [6, 6.07) is 10.5. The molecule has 0 fully saturated rings. The first-order valence-corrected chi connectivity index (χ1v) is 11.9. The van der Waals surface area contributed by atoms with Crippen molar-refractivity contribution in [2.75, 3.05) is 7.11 Å². The predicted octanol–water partition coefficient (Wildman–Crippen LogP) is 6.06. The third kappa shape index (κ3) is 6.81. The molecule has 1 amide bonds. The molecule has 0 radical (unpaired) electrons. The van der Waals surface area contributed by atoms with E-state index in [1.54, 1.807) is 19.4 Å². The van der Waals surface area contributed by atoms with Crippen LogP contribution in [0.4, 0.5) is 0 Å². The summed E-state index contributed by atoms with van der Waals surface area (Å²) >= 11 is 0. The van der Waals surface area contributed by atoms with Gasteiger partial charge in [0.2, 0.25) is 5.91 Å². The molecule has 4 heteroatoms. The molecule has 1 N–H and O–H groups in total. The summed E-state index contributed by atoms with van der Waals surface area (Å²) in [5, 5.41) is 3.11. The maximum Gasteiger partial charge on any atom is 0.244 e. The lowest BCUT2D eigenvalue weighted by molar-refractivity contribution is -0.117. The van der Waals surface area contributed by atoms with Crippen molar-refractivity contribution in [3.8, 4) is 5.75 Å². The van der Waals surface area contributed by atoms with Gasteiger partial charge in [-0.15, -0.1) is 0 Å². The van der Waals surface area contributed by atoms with Gasteiger partial charge in [0, 0.05) is 24.5 Å².